The van der Waals surface area contributed by atoms with Gasteiger partial charge in [-0.25, -0.2) is 0 Å². The van der Waals surface area contributed by atoms with Crippen LogP contribution in [-0.2, 0) is 13.0 Å². The second kappa shape index (κ2) is 8.87. The maximum atomic E-state index is 5.96. The van der Waals surface area contributed by atoms with Gasteiger partial charge in [0.25, 0.3) is 0 Å². The van der Waals surface area contributed by atoms with Crippen molar-refractivity contribution >= 4 is 24.6 Å². The van der Waals surface area contributed by atoms with Gasteiger partial charge in [0, 0.05) is 36.3 Å². The molecule has 0 N–H and O–H groups in total. The third-order valence-corrected chi connectivity index (χ3v) is 6.59. The van der Waals surface area contributed by atoms with Gasteiger partial charge in [-0.15, -0.1) is 0 Å². The largest absolute Gasteiger partial charge is 0.371 e. The SMILES string of the molecule is BN1CCC(CCc2noc3c(CN(C)C)c(N4CCCCC4)ccc23)CC1. The van der Waals surface area contributed by atoms with Crippen LogP contribution in [0.5, 0.6) is 0 Å². The fourth-order valence-electron chi connectivity index (χ4n) is 4.87. The maximum absolute atomic E-state index is 5.96. The van der Waals surface area contributed by atoms with E-state index < -0.39 is 0 Å². The Labute approximate surface area is 170 Å². The first-order chi connectivity index (χ1) is 13.6. The number of rotatable bonds is 6. The normalized spacial score (nSPS) is 19.8. The average molecular weight is 382 g/mol. The van der Waals surface area contributed by atoms with E-state index >= 15 is 0 Å². The highest BCUT2D eigenvalue weighted by Crippen LogP contribution is 2.34. The minimum atomic E-state index is 0.830. The molecule has 0 radical (unpaired) electrons. The van der Waals surface area contributed by atoms with E-state index in [0.717, 1.165) is 43.2 Å². The van der Waals surface area contributed by atoms with Gasteiger partial charge in [0.05, 0.1) is 5.69 Å². The van der Waals surface area contributed by atoms with Crippen molar-refractivity contribution in [1.29, 1.82) is 0 Å². The summed E-state index contributed by atoms with van der Waals surface area (Å²) < 4.78 is 5.96. The van der Waals surface area contributed by atoms with E-state index in [9.17, 15) is 0 Å². The number of aryl methyl sites for hydroxylation is 1. The summed E-state index contributed by atoms with van der Waals surface area (Å²) in [6.45, 7) is 5.67. The minimum Gasteiger partial charge on any atom is -0.371 e. The number of nitrogens with zero attached hydrogens (tertiary/aromatic N) is 4. The first kappa shape index (κ1) is 19.8. The highest BCUT2D eigenvalue weighted by atomic mass is 16.5. The molecule has 1 aromatic carbocycles. The number of hydrogen-bond acceptors (Lipinski definition) is 5. The first-order valence-electron chi connectivity index (χ1n) is 11.1. The van der Waals surface area contributed by atoms with Crippen LogP contribution in [0.15, 0.2) is 16.7 Å². The van der Waals surface area contributed by atoms with Crippen LogP contribution in [0.2, 0.25) is 0 Å². The summed E-state index contributed by atoms with van der Waals surface area (Å²) in [4.78, 5) is 7.23. The molecule has 2 aromatic rings. The van der Waals surface area contributed by atoms with Crippen LogP contribution in [0.25, 0.3) is 11.0 Å². The van der Waals surface area contributed by atoms with Gasteiger partial charge in [-0.3, -0.25) is 0 Å². The molecule has 5 nitrogen and oxygen atoms in total. The Kier molecular flexibility index (Phi) is 6.27. The van der Waals surface area contributed by atoms with Gasteiger partial charge in [-0.1, -0.05) is 5.16 Å². The zero-order valence-electron chi connectivity index (χ0n) is 17.9. The van der Waals surface area contributed by atoms with Crippen molar-refractivity contribution in [3.8, 4) is 0 Å². The van der Waals surface area contributed by atoms with E-state index in [2.05, 4.69) is 54.0 Å². The fourth-order valence-corrected chi connectivity index (χ4v) is 4.87. The van der Waals surface area contributed by atoms with Crippen LogP contribution in [0, 0.1) is 5.92 Å². The molecule has 28 heavy (non-hydrogen) atoms. The molecule has 0 saturated carbocycles. The van der Waals surface area contributed by atoms with Crippen molar-refractivity contribution in [2.45, 2.75) is 51.5 Å². The highest BCUT2D eigenvalue weighted by Gasteiger charge is 2.22. The first-order valence-corrected chi connectivity index (χ1v) is 11.1. The maximum Gasteiger partial charge on any atom is 0.185 e. The van der Waals surface area contributed by atoms with E-state index in [-0.39, 0.29) is 0 Å². The molecule has 0 bridgehead atoms. The average Bonchev–Trinajstić information content (AvgIpc) is 3.12. The third kappa shape index (κ3) is 4.38. The lowest BCUT2D eigenvalue weighted by Gasteiger charge is -2.31. The Morgan fingerprint density at radius 1 is 1.11 bits per heavy atom. The van der Waals surface area contributed by atoms with Crippen LogP contribution >= 0.6 is 0 Å². The van der Waals surface area contributed by atoms with Crippen LogP contribution in [0.1, 0.15) is 49.8 Å². The Morgan fingerprint density at radius 3 is 2.57 bits per heavy atom. The van der Waals surface area contributed by atoms with Crippen LogP contribution < -0.4 is 4.90 Å². The number of piperidine rings is 2. The zero-order chi connectivity index (χ0) is 19.5. The summed E-state index contributed by atoms with van der Waals surface area (Å²) in [6.07, 6.45) is 8.83. The van der Waals surface area contributed by atoms with Gasteiger partial charge in [0.1, 0.15) is 0 Å². The van der Waals surface area contributed by atoms with E-state index in [0.29, 0.717) is 0 Å². The van der Waals surface area contributed by atoms with Crippen molar-refractivity contribution in [3.63, 3.8) is 0 Å². The minimum absolute atomic E-state index is 0.830. The summed E-state index contributed by atoms with van der Waals surface area (Å²) >= 11 is 0. The van der Waals surface area contributed by atoms with Gasteiger partial charge in [-0.2, -0.15) is 0 Å². The molecule has 0 spiro atoms. The predicted molar refractivity (Wildman–Crippen MR) is 119 cm³/mol. The Morgan fingerprint density at radius 2 is 1.86 bits per heavy atom. The summed E-state index contributed by atoms with van der Waals surface area (Å²) in [5.41, 5.74) is 4.82. The summed E-state index contributed by atoms with van der Waals surface area (Å²) in [6, 6.07) is 4.58. The molecule has 2 aliphatic rings. The summed E-state index contributed by atoms with van der Waals surface area (Å²) in [7, 11) is 6.50. The Bertz CT molecular complexity index is 776. The fraction of sp³-hybridized carbons (Fsp3) is 0.682. The zero-order valence-corrected chi connectivity index (χ0v) is 17.9. The van der Waals surface area contributed by atoms with Crippen molar-refractivity contribution < 1.29 is 4.52 Å². The van der Waals surface area contributed by atoms with Crippen LogP contribution in [0.4, 0.5) is 5.69 Å². The molecule has 2 fully saturated rings. The van der Waals surface area contributed by atoms with E-state index in [4.69, 9.17) is 4.52 Å². The van der Waals surface area contributed by atoms with Gasteiger partial charge in [-0.05, 0) is 90.2 Å². The molecular weight excluding hydrogens is 347 g/mol. The quantitative estimate of drug-likeness (QED) is 0.718. The standard InChI is InChI=1S/C22H35BN4O/c1-25(2)16-19-21(26-12-4-3-5-13-26)9-7-18-20(24-28-22(18)19)8-6-17-10-14-27(23)15-11-17/h7,9,17H,3-6,8,10-16,23H2,1-2H3. The topological polar surface area (TPSA) is 35.8 Å². The molecule has 0 atom stereocenters. The van der Waals surface area contributed by atoms with Crippen molar-refractivity contribution in [3.05, 3.63) is 23.4 Å². The number of benzene rings is 1. The molecule has 0 unspecified atom stereocenters. The van der Waals surface area contributed by atoms with E-state index in [1.165, 1.54) is 68.3 Å². The van der Waals surface area contributed by atoms with Crippen molar-refractivity contribution in [2.24, 2.45) is 5.92 Å². The molecule has 1 aromatic heterocycles. The van der Waals surface area contributed by atoms with Gasteiger partial charge in [0.2, 0.25) is 0 Å². The number of hydrogen-bond donors (Lipinski definition) is 0. The third-order valence-electron chi connectivity index (χ3n) is 6.59. The molecule has 2 aliphatic heterocycles. The molecule has 0 aliphatic carbocycles. The molecule has 6 heteroatoms. The smallest absolute Gasteiger partial charge is 0.185 e. The predicted octanol–water partition coefficient (Wildman–Crippen LogP) is 3.07. The van der Waals surface area contributed by atoms with Crippen molar-refractivity contribution in [1.82, 2.24) is 14.9 Å². The van der Waals surface area contributed by atoms with Gasteiger partial charge < -0.3 is 19.1 Å². The number of aromatic nitrogens is 1. The summed E-state index contributed by atoms with van der Waals surface area (Å²) in [5.74, 6) is 0.830. The second-order valence-electron chi connectivity index (χ2n) is 9.14. The second-order valence-corrected chi connectivity index (χ2v) is 9.14. The van der Waals surface area contributed by atoms with Crippen molar-refractivity contribution in [2.75, 3.05) is 45.2 Å². The molecule has 2 saturated heterocycles. The van der Waals surface area contributed by atoms with Gasteiger partial charge in [0.15, 0.2) is 13.6 Å². The molecule has 0 amide bonds. The number of anilines is 1. The van der Waals surface area contributed by atoms with E-state index in [1.807, 2.05) is 0 Å². The lowest BCUT2D eigenvalue weighted by atomic mass is 9.90. The summed E-state index contributed by atoms with van der Waals surface area (Å²) in [5, 5.41) is 5.75. The lowest BCUT2D eigenvalue weighted by molar-refractivity contribution is 0.270. The lowest BCUT2D eigenvalue weighted by Crippen LogP contribution is -2.31. The van der Waals surface area contributed by atoms with Crippen LogP contribution in [0.3, 0.4) is 0 Å². The number of fused-ring (bicyclic) bond motifs is 1. The Hall–Kier alpha value is -1.53. The highest BCUT2D eigenvalue weighted by molar-refractivity contribution is 6.04. The monoisotopic (exact) mass is 382 g/mol. The van der Waals surface area contributed by atoms with Crippen LogP contribution in [-0.4, -0.2) is 63.1 Å². The Balaban J connectivity index is 1.56. The molecule has 3 heterocycles. The molecular formula is C22H35BN4O. The molecule has 152 valence electrons. The van der Waals surface area contributed by atoms with E-state index in [1.54, 1.807) is 0 Å². The molecule has 4 rings (SSSR count). The van der Waals surface area contributed by atoms with Gasteiger partial charge >= 0.3 is 0 Å².